The number of nitrogens with zero attached hydrogens (tertiary/aromatic N) is 3. The molecule has 0 unspecified atom stereocenters. The normalized spacial score (nSPS) is 11.7. The molecule has 0 spiro atoms. The molecule has 8 rings (SSSR count). The van der Waals surface area contributed by atoms with Crippen LogP contribution in [0.2, 0.25) is 0 Å². The van der Waals surface area contributed by atoms with E-state index in [1.54, 1.807) is 18.3 Å². The second kappa shape index (κ2) is 18.0. The summed E-state index contributed by atoms with van der Waals surface area (Å²) in [5, 5.41) is 0. The smallest absolute Gasteiger partial charge is 0.376 e. The molecule has 0 aliphatic heterocycles. The third-order valence-corrected chi connectivity index (χ3v) is 11.9. The fourth-order valence-corrected chi connectivity index (χ4v) is 8.03. The van der Waals surface area contributed by atoms with E-state index in [0.29, 0.717) is 11.3 Å². The van der Waals surface area contributed by atoms with Gasteiger partial charge in [0, 0.05) is 40.8 Å². The SMILES string of the molecule is Cc1cc(-c2ccccc2)ncc1CCc1cc(CCc2cnc(-c3ccccc3)cc2C)cc(-c2ccccc2-c2ccc(-c3cccc(OS(=O)(=O)C(F)(F)F)c3)nc2)c1. The maximum atomic E-state index is 13.0. The Kier molecular flexibility index (Phi) is 12.1. The van der Waals surface area contributed by atoms with Gasteiger partial charge in [0.05, 0.1) is 17.1 Å². The molecule has 5 aromatic carbocycles. The molecule has 3 aromatic heterocycles. The number of alkyl halides is 3. The first-order valence-electron chi connectivity index (χ1n) is 20.2. The molecule has 0 saturated heterocycles. The zero-order valence-electron chi connectivity index (χ0n) is 34.1. The van der Waals surface area contributed by atoms with E-state index in [1.165, 1.54) is 45.5 Å². The van der Waals surface area contributed by atoms with Crippen LogP contribution in [-0.4, -0.2) is 28.9 Å². The molecule has 0 bridgehead atoms. The number of pyridine rings is 3. The van der Waals surface area contributed by atoms with Gasteiger partial charge < -0.3 is 4.18 Å². The number of aromatic nitrogens is 3. The second-order valence-corrected chi connectivity index (χ2v) is 16.8. The van der Waals surface area contributed by atoms with E-state index in [0.717, 1.165) is 76.5 Å². The summed E-state index contributed by atoms with van der Waals surface area (Å²) < 4.78 is 66.6. The van der Waals surface area contributed by atoms with E-state index in [9.17, 15) is 21.6 Å². The minimum atomic E-state index is -5.82. The fourth-order valence-electron chi connectivity index (χ4n) is 7.58. The predicted octanol–water partition coefficient (Wildman–Crippen LogP) is 12.6. The van der Waals surface area contributed by atoms with Crippen LogP contribution in [0.5, 0.6) is 5.75 Å². The number of hydrogen-bond acceptors (Lipinski definition) is 6. The van der Waals surface area contributed by atoms with Gasteiger partial charge in [0.15, 0.2) is 0 Å². The Bertz CT molecular complexity index is 2850. The van der Waals surface area contributed by atoms with Crippen molar-refractivity contribution in [2.75, 3.05) is 0 Å². The highest BCUT2D eigenvalue weighted by atomic mass is 32.2. The van der Waals surface area contributed by atoms with Crippen LogP contribution >= 0.6 is 0 Å². The summed E-state index contributed by atoms with van der Waals surface area (Å²) in [5.74, 6) is -0.460. The third kappa shape index (κ3) is 9.66. The lowest BCUT2D eigenvalue weighted by atomic mass is 9.90. The Morgan fingerprint density at radius 1 is 0.468 bits per heavy atom. The minimum absolute atomic E-state index is 0.400. The summed E-state index contributed by atoms with van der Waals surface area (Å²) in [5.41, 5.74) is 10.5. The van der Waals surface area contributed by atoms with Crippen molar-refractivity contribution in [3.8, 4) is 61.8 Å². The van der Waals surface area contributed by atoms with Gasteiger partial charge in [0.2, 0.25) is 0 Å². The summed E-state index contributed by atoms with van der Waals surface area (Å²) in [6.07, 6.45) is 8.97. The van der Waals surface area contributed by atoms with Crippen molar-refractivity contribution in [3.63, 3.8) is 0 Å². The van der Waals surface area contributed by atoms with Crippen LogP contribution in [0.3, 0.4) is 0 Å². The maximum absolute atomic E-state index is 13.0. The van der Waals surface area contributed by atoms with Gasteiger partial charge >= 0.3 is 15.6 Å². The highest BCUT2D eigenvalue weighted by Gasteiger charge is 2.48. The van der Waals surface area contributed by atoms with Crippen molar-refractivity contribution in [2.45, 2.75) is 45.0 Å². The van der Waals surface area contributed by atoms with Crippen LogP contribution in [0.15, 0.2) is 170 Å². The lowest BCUT2D eigenvalue weighted by Crippen LogP contribution is -2.28. The Balaban J connectivity index is 1.09. The predicted molar refractivity (Wildman–Crippen MR) is 240 cm³/mol. The molecular formula is C52H42F3N3O3S. The molecule has 10 heteroatoms. The number of aryl methyl sites for hydroxylation is 6. The fraction of sp³-hybridized carbons (Fsp3) is 0.135. The van der Waals surface area contributed by atoms with Crippen LogP contribution < -0.4 is 4.18 Å². The van der Waals surface area contributed by atoms with E-state index < -0.39 is 21.4 Å². The molecule has 0 atom stereocenters. The van der Waals surface area contributed by atoms with Gasteiger partial charge in [-0.3, -0.25) is 15.0 Å². The molecule has 0 aliphatic rings. The van der Waals surface area contributed by atoms with Gasteiger partial charge in [-0.05, 0) is 120 Å². The molecule has 6 nitrogen and oxygen atoms in total. The first-order chi connectivity index (χ1) is 29.9. The van der Waals surface area contributed by atoms with Gasteiger partial charge in [-0.2, -0.15) is 21.6 Å². The van der Waals surface area contributed by atoms with E-state index in [-0.39, 0.29) is 0 Å². The molecule has 0 radical (unpaired) electrons. The molecule has 310 valence electrons. The van der Waals surface area contributed by atoms with Crippen molar-refractivity contribution in [1.82, 2.24) is 15.0 Å². The molecule has 62 heavy (non-hydrogen) atoms. The molecule has 0 N–H and O–H groups in total. The van der Waals surface area contributed by atoms with E-state index in [4.69, 9.17) is 9.97 Å². The zero-order valence-corrected chi connectivity index (χ0v) is 34.9. The van der Waals surface area contributed by atoms with Crippen molar-refractivity contribution in [1.29, 1.82) is 0 Å². The summed E-state index contributed by atoms with van der Waals surface area (Å²) in [4.78, 5) is 14.3. The van der Waals surface area contributed by atoms with Crippen molar-refractivity contribution in [3.05, 3.63) is 204 Å². The first kappa shape index (κ1) is 41.8. The number of halogens is 3. The highest BCUT2D eigenvalue weighted by Crippen LogP contribution is 2.35. The van der Waals surface area contributed by atoms with Crippen LogP contribution in [0.1, 0.15) is 33.4 Å². The molecule has 0 saturated carbocycles. The maximum Gasteiger partial charge on any atom is 0.534 e. The van der Waals surface area contributed by atoms with Crippen molar-refractivity contribution >= 4 is 10.1 Å². The third-order valence-electron chi connectivity index (χ3n) is 10.9. The van der Waals surface area contributed by atoms with E-state index in [2.05, 4.69) is 83.7 Å². The van der Waals surface area contributed by atoms with E-state index >= 15 is 0 Å². The Morgan fingerprint density at radius 2 is 0.968 bits per heavy atom. The van der Waals surface area contributed by atoms with Gasteiger partial charge in [-0.1, -0.05) is 121 Å². The molecule has 0 amide bonds. The topological polar surface area (TPSA) is 82.0 Å². The van der Waals surface area contributed by atoms with Crippen LogP contribution in [0.25, 0.3) is 56.0 Å². The zero-order chi connectivity index (χ0) is 43.3. The second-order valence-electron chi connectivity index (χ2n) is 15.3. The first-order valence-corrected chi connectivity index (χ1v) is 21.6. The quantitative estimate of drug-likeness (QED) is 0.0849. The molecule has 3 heterocycles. The summed E-state index contributed by atoms with van der Waals surface area (Å²) in [7, 11) is -5.82. The van der Waals surface area contributed by atoms with Gasteiger partial charge in [-0.25, -0.2) is 0 Å². The lowest BCUT2D eigenvalue weighted by molar-refractivity contribution is -0.0500. The Labute approximate surface area is 359 Å². The molecular weight excluding hydrogens is 804 g/mol. The average Bonchev–Trinajstić information content (AvgIpc) is 3.28. The standard InChI is InChI=1S/C52H42F3N3O3S/c1-35-26-50(39-12-5-3-6-13-39)57-32-42(35)22-20-37-28-38(21-23-43-33-58-51(27-36(43)2)40-14-7-4-8-15-40)30-45(29-37)48-19-10-9-18-47(48)44-24-25-49(56-34-44)41-16-11-17-46(31-41)61-62(59,60)52(53,54)55/h3-19,24-34H,20-23H2,1-2H3. The summed E-state index contributed by atoms with van der Waals surface area (Å²) in [6, 6.07) is 48.7. The van der Waals surface area contributed by atoms with Crippen LogP contribution in [-0.2, 0) is 35.8 Å². The summed E-state index contributed by atoms with van der Waals surface area (Å²) in [6.45, 7) is 4.28. The summed E-state index contributed by atoms with van der Waals surface area (Å²) >= 11 is 0. The molecule has 0 aliphatic carbocycles. The monoisotopic (exact) mass is 845 g/mol. The molecule has 0 fully saturated rings. The largest absolute Gasteiger partial charge is 0.534 e. The Hall–Kier alpha value is -6.91. The average molecular weight is 846 g/mol. The lowest BCUT2D eigenvalue weighted by Gasteiger charge is -2.15. The number of rotatable bonds is 13. The van der Waals surface area contributed by atoms with Crippen LogP contribution in [0.4, 0.5) is 13.2 Å². The van der Waals surface area contributed by atoms with Gasteiger partial charge in [0.25, 0.3) is 0 Å². The van der Waals surface area contributed by atoms with Crippen molar-refractivity contribution in [2.24, 2.45) is 0 Å². The number of benzene rings is 5. The molecule has 8 aromatic rings. The van der Waals surface area contributed by atoms with Crippen LogP contribution in [0, 0.1) is 13.8 Å². The van der Waals surface area contributed by atoms with E-state index in [1.807, 2.05) is 73.1 Å². The Morgan fingerprint density at radius 3 is 1.47 bits per heavy atom. The van der Waals surface area contributed by atoms with Gasteiger partial charge in [0.1, 0.15) is 5.75 Å². The van der Waals surface area contributed by atoms with Crippen molar-refractivity contribution < 1.29 is 25.8 Å². The number of hydrogen-bond donors (Lipinski definition) is 0. The highest BCUT2D eigenvalue weighted by molar-refractivity contribution is 7.88. The minimum Gasteiger partial charge on any atom is -0.376 e. The van der Waals surface area contributed by atoms with Gasteiger partial charge in [-0.15, -0.1) is 0 Å².